The molecule has 2 unspecified atom stereocenters. The molecule has 2 nitrogen and oxygen atoms in total. The molecule has 1 fully saturated rings. The van der Waals surface area contributed by atoms with Crippen LogP contribution in [0.3, 0.4) is 0 Å². The second-order valence-electron chi connectivity index (χ2n) is 6.75. The van der Waals surface area contributed by atoms with Gasteiger partial charge in [0.2, 0.25) is 0 Å². The number of hydrogen-bond donors (Lipinski definition) is 1. The quantitative estimate of drug-likeness (QED) is 0.439. The van der Waals surface area contributed by atoms with E-state index >= 15 is 0 Å². The van der Waals surface area contributed by atoms with Gasteiger partial charge in [0.1, 0.15) is 0 Å². The third-order valence-electron chi connectivity index (χ3n) is 4.86. The van der Waals surface area contributed by atoms with Crippen molar-refractivity contribution in [1.82, 2.24) is 5.32 Å². The lowest BCUT2D eigenvalue weighted by Crippen LogP contribution is -2.28. The van der Waals surface area contributed by atoms with Crippen molar-refractivity contribution in [2.45, 2.75) is 97.0 Å². The molecule has 0 aliphatic carbocycles. The Labute approximate surface area is 133 Å². The van der Waals surface area contributed by atoms with Crippen molar-refractivity contribution < 1.29 is 4.74 Å². The predicted octanol–water partition coefficient (Wildman–Crippen LogP) is 5.31. The van der Waals surface area contributed by atoms with E-state index in [1.165, 1.54) is 83.6 Å². The molecule has 2 heteroatoms. The van der Waals surface area contributed by atoms with Crippen molar-refractivity contribution in [2.75, 3.05) is 19.7 Å². The summed E-state index contributed by atoms with van der Waals surface area (Å²) in [7, 11) is 0. The Morgan fingerprint density at radius 2 is 1.48 bits per heavy atom. The van der Waals surface area contributed by atoms with E-state index in [-0.39, 0.29) is 0 Å². The Morgan fingerprint density at radius 3 is 2.10 bits per heavy atom. The van der Waals surface area contributed by atoms with Crippen LogP contribution < -0.4 is 5.32 Å². The molecule has 0 aromatic carbocycles. The Hall–Kier alpha value is -0.0800. The average molecular weight is 298 g/mol. The third-order valence-corrected chi connectivity index (χ3v) is 4.86. The molecule has 1 heterocycles. The molecule has 0 spiro atoms. The molecule has 1 saturated heterocycles. The van der Waals surface area contributed by atoms with E-state index in [0.29, 0.717) is 6.10 Å². The highest BCUT2D eigenvalue weighted by Gasteiger charge is 2.25. The second kappa shape index (κ2) is 13.6. The highest BCUT2D eigenvalue weighted by molar-refractivity contribution is 4.76. The monoisotopic (exact) mass is 297 g/mol. The highest BCUT2D eigenvalue weighted by atomic mass is 16.5. The van der Waals surface area contributed by atoms with Crippen LogP contribution in [0.4, 0.5) is 0 Å². The van der Waals surface area contributed by atoms with E-state index in [2.05, 4.69) is 19.2 Å². The molecule has 2 atom stereocenters. The van der Waals surface area contributed by atoms with Crippen LogP contribution in [0.25, 0.3) is 0 Å². The Balaban J connectivity index is 1.76. The van der Waals surface area contributed by atoms with Crippen LogP contribution in [0, 0.1) is 5.92 Å². The molecule has 21 heavy (non-hydrogen) atoms. The molecular weight excluding hydrogens is 258 g/mol. The molecule has 1 N–H and O–H groups in total. The molecule has 1 aliphatic rings. The summed E-state index contributed by atoms with van der Waals surface area (Å²) in [5.74, 6) is 0.762. The summed E-state index contributed by atoms with van der Waals surface area (Å²) in [6.07, 6.45) is 17.2. The predicted molar refractivity (Wildman–Crippen MR) is 92.9 cm³/mol. The fourth-order valence-corrected chi connectivity index (χ4v) is 3.40. The molecule has 0 bridgehead atoms. The van der Waals surface area contributed by atoms with Crippen LogP contribution in [-0.2, 0) is 4.74 Å². The first-order valence-electron chi connectivity index (χ1n) is 9.70. The Bertz CT molecular complexity index is 220. The zero-order valence-corrected chi connectivity index (χ0v) is 14.7. The van der Waals surface area contributed by atoms with Gasteiger partial charge in [-0.3, -0.25) is 0 Å². The van der Waals surface area contributed by atoms with Crippen molar-refractivity contribution in [3.05, 3.63) is 0 Å². The van der Waals surface area contributed by atoms with Gasteiger partial charge in [-0.1, -0.05) is 71.6 Å². The lowest BCUT2D eigenvalue weighted by Gasteiger charge is -2.17. The van der Waals surface area contributed by atoms with Gasteiger partial charge in [-0.15, -0.1) is 0 Å². The minimum atomic E-state index is 0.519. The average Bonchev–Trinajstić information content (AvgIpc) is 2.96. The first-order chi connectivity index (χ1) is 10.4. The van der Waals surface area contributed by atoms with Crippen LogP contribution >= 0.6 is 0 Å². The van der Waals surface area contributed by atoms with Gasteiger partial charge >= 0.3 is 0 Å². The van der Waals surface area contributed by atoms with Crippen molar-refractivity contribution in [3.63, 3.8) is 0 Å². The van der Waals surface area contributed by atoms with Gasteiger partial charge in [0.25, 0.3) is 0 Å². The standard InChI is InChI=1S/C19H39NO/c1-3-5-6-7-8-9-10-11-12-13-15-20-17-18-14-16-21-19(18)4-2/h18-20H,3-17H2,1-2H3. The van der Waals surface area contributed by atoms with Crippen LogP contribution in [0.15, 0.2) is 0 Å². The van der Waals surface area contributed by atoms with Gasteiger partial charge in [-0.2, -0.15) is 0 Å². The maximum Gasteiger partial charge on any atom is 0.0613 e. The van der Waals surface area contributed by atoms with Crippen LogP contribution in [-0.4, -0.2) is 25.8 Å². The van der Waals surface area contributed by atoms with Gasteiger partial charge < -0.3 is 10.1 Å². The highest BCUT2D eigenvalue weighted by Crippen LogP contribution is 2.22. The van der Waals surface area contributed by atoms with E-state index < -0.39 is 0 Å². The second-order valence-corrected chi connectivity index (χ2v) is 6.75. The van der Waals surface area contributed by atoms with E-state index in [0.717, 1.165) is 19.1 Å². The number of rotatable bonds is 14. The number of ether oxygens (including phenoxy) is 1. The molecule has 1 aliphatic heterocycles. The summed E-state index contributed by atoms with van der Waals surface area (Å²) in [5.41, 5.74) is 0. The lowest BCUT2D eigenvalue weighted by molar-refractivity contribution is 0.0873. The zero-order valence-electron chi connectivity index (χ0n) is 14.7. The summed E-state index contributed by atoms with van der Waals surface area (Å²) in [4.78, 5) is 0. The first kappa shape index (κ1) is 19.0. The SMILES string of the molecule is CCCCCCCCCCCCNCC1CCOC1CC. The summed E-state index contributed by atoms with van der Waals surface area (Å²) in [6.45, 7) is 7.86. The molecule has 0 aromatic heterocycles. The minimum absolute atomic E-state index is 0.519. The van der Waals surface area contributed by atoms with Gasteiger partial charge in [0.05, 0.1) is 6.10 Å². The fraction of sp³-hybridized carbons (Fsp3) is 1.00. The summed E-state index contributed by atoms with van der Waals surface area (Å²) in [6, 6.07) is 0. The summed E-state index contributed by atoms with van der Waals surface area (Å²) >= 11 is 0. The van der Waals surface area contributed by atoms with E-state index in [9.17, 15) is 0 Å². The number of unbranched alkanes of at least 4 members (excludes halogenated alkanes) is 9. The van der Waals surface area contributed by atoms with Gasteiger partial charge in [-0.25, -0.2) is 0 Å². The van der Waals surface area contributed by atoms with Gasteiger partial charge in [0.15, 0.2) is 0 Å². The molecule has 126 valence electrons. The summed E-state index contributed by atoms with van der Waals surface area (Å²) in [5, 5.41) is 3.64. The smallest absolute Gasteiger partial charge is 0.0613 e. The Kier molecular flexibility index (Phi) is 12.3. The van der Waals surface area contributed by atoms with E-state index in [4.69, 9.17) is 4.74 Å². The van der Waals surface area contributed by atoms with Gasteiger partial charge in [0, 0.05) is 13.2 Å². The molecular formula is C19H39NO. The largest absolute Gasteiger partial charge is 0.378 e. The zero-order chi connectivity index (χ0) is 15.2. The van der Waals surface area contributed by atoms with Crippen LogP contribution in [0.1, 0.15) is 90.9 Å². The maximum atomic E-state index is 5.73. The van der Waals surface area contributed by atoms with Crippen molar-refractivity contribution in [2.24, 2.45) is 5.92 Å². The third kappa shape index (κ3) is 9.52. The maximum absolute atomic E-state index is 5.73. The molecule has 0 saturated carbocycles. The van der Waals surface area contributed by atoms with Gasteiger partial charge in [-0.05, 0) is 31.7 Å². The summed E-state index contributed by atoms with van der Waals surface area (Å²) < 4.78 is 5.73. The topological polar surface area (TPSA) is 21.3 Å². The number of nitrogens with one attached hydrogen (secondary N) is 1. The van der Waals surface area contributed by atoms with Crippen molar-refractivity contribution in [3.8, 4) is 0 Å². The van der Waals surface area contributed by atoms with E-state index in [1.807, 2.05) is 0 Å². The van der Waals surface area contributed by atoms with Crippen LogP contribution in [0.2, 0.25) is 0 Å². The van der Waals surface area contributed by atoms with E-state index in [1.54, 1.807) is 0 Å². The van der Waals surface area contributed by atoms with Crippen LogP contribution in [0.5, 0.6) is 0 Å². The molecule has 0 radical (unpaired) electrons. The van der Waals surface area contributed by atoms with Crippen molar-refractivity contribution in [1.29, 1.82) is 0 Å². The molecule has 1 rings (SSSR count). The first-order valence-corrected chi connectivity index (χ1v) is 9.70. The fourth-order valence-electron chi connectivity index (χ4n) is 3.40. The number of hydrogen-bond acceptors (Lipinski definition) is 2. The molecule has 0 aromatic rings. The lowest BCUT2D eigenvalue weighted by atomic mass is 9.99. The normalized spacial score (nSPS) is 22.0. The molecule has 0 amide bonds. The Morgan fingerprint density at radius 1 is 0.857 bits per heavy atom. The van der Waals surface area contributed by atoms with Crippen molar-refractivity contribution >= 4 is 0 Å². The minimum Gasteiger partial charge on any atom is -0.378 e.